The molecule has 1 atom stereocenters. The Balaban J connectivity index is 2.35. The summed E-state index contributed by atoms with van der Waals surface area (Å²) in [7, 11) is 1.57. The van der Waals surface area contributed by atoms with Gasteiger partial charge in [0.1, 0.15) is 11.6 Å². The molecule has 0 saturated heterocycles. The van der Waals surface area contributed by atoms with Crippen LogP contribution in [0.25, 0.3) is 0 Å². The highest BCUT2D eigenvalue weighted by molar-refractivity contribution is 5.45. The third-order valence-electron chi connectivity index (χ3n) is 2.89. The van der Waals surface area contributed by atoms with Gasteiger partial charge >= 0.3 is 0 Å². The van der Waals surface area contributed by atoms with Gasteiger partial charge in [0.05, 0.1) is 7.11 Å². The van der Waals surface area contributed by atoms with Gasteiger partial charge in [0.25, 0.3) is 0 Å². The number of nitrogens with two attached hydrogens (primary N) is 1. The molecule has 0 amide bonds. The van der Waals surface area contributed by atoms with Crippen LogP contribution in [-0.4, -0.2) is 13.2 Å². The van der Waals surface area contributed by atoms with Crippen molar-refractivity contribution in [1.82, 2.24) is 0 Å². The predicted octanol–water partition coefficient (Wildman–Crippen LogP) is 3.52. The Hall–Kier alpha value is -2.07. The quantitative estimate of drug-likeness (QED) is 0.908. The van der Waals surface area contributed by atoms with Gasteiger partial charge in [-0.1, -0.05) is 18.2 Å². The summed E-state index contributed by atoms with van der Waals surface area (Å²) < 4.78 is 24.9. The van der Waals surface area contributed by atoms with Crippen LogP contribution < -0.4 is 15.2 Å². The van der Waals surface area contributed by atoms with Crippen LogP contribution in [0.1, 0.15) is 12.5 Å². The molecule has 0 aliphatic carbocycles. The molecule has 2 N–H and O–H groups in total. The Morgan fingerprint density at radius 1 is 1.05 bits per heavy atom. The average Bonchev–Trinajstić information content (AvgIpc) is 2.43. The maximum atomic E-state index is 13.9. The van der Waals surface area contributed by atoms with Crippen molar-refractivity contribution in [1.29, 1.82) is 0 Å². The number of para-hydroxylation sites is 2. The molecule has 0 bridgehead atoms. The van der Waals surface area contributed by atoms with Gasteiger partial charge in [-0.25, -0.2) is 4.39 Å². The van der Waals surface area contributed by atoms with E-state index < -0.39 is 0 Å². The highest BCUT2D eigenvalue weighted by Gasteiger charge is 2.13. The van der Waals surface area contributed by atoms with E-state index in [-0.39, 0.29) is 11.9 Å². The Bertz CT molecular complexity index is 584. The van der Waals surface area contributed by atoms with Crippen molar-refractivity contribution in [2.24, 2.45) is 5.73 Å². The fraction of sp³-hybridized carbons (Fsp3) is 0.250. The lowest BCUT2D eigenvalue weighted by atomic mass is 10.1. The number of hydrogen-bond donors (Lipinski definition) is 1. The summed E-state index contributed by atoms with van der Waals surface area (Å²) in [5, 5.41) is 0. The Kier molecular flexibility index (Phi) is 4.58. The number of ether oxygens (including phenoxy) is 2. The summed E-state index contributed by atoms with van der Waals surface area (Å²) in [6.45, 7) is 1.83. The normalized spacial score (nSPS) is 12.0. The van der Waals surface area contributed by atoms with Gasteiger partial charge in [0.15, 0.2) is 11.5 Å². The van der Waals surface area contributed by atoms with E-state index in [2.05, 4.69) is 0 Å². The molecule has 20 heavy (non-hydrogen) atoms. The second-order valence-electron chi connectivity index (χ2n) is 4.65. The summed E-state index contributed by atoms with van der Waals surface area (Å²) in [5.41, 5.74) is 6.24. The molecule has 3 nitrogen and oxygen atoms in total. The number of halogens is 1. The molecule has 0 radical (unpaired) electrons. The minimum atomic E-state index is -0.310. The van der Waals surface area contributed by atoms with E-state index >= 15 is 0 Å². The molecule has 0 fully saturated rings. The van der Waals surface area contributed by atoms with Crippen LogP contribution in [0.5, 0.6) is 17.2 Å². The highest BCUT2D eigenvalue weighted by Crippen LogP contribution is 2.33. The van der Waals surface area contributed by atoms with Crippen LogP contribution in [0.3, 0.4) is 0 Å². The molecule has 0 aliphatic rings. The second-order valence-corrected chi connectivity index (χ2v) is 4.65. The van der Waals surface area contributed by atoms with E-state index in [1.165, 1.54) is 6.07 Å². The van der Waals surface area contributed by atoms with Crippen molar-refractivity contribution in [3.8, 4) is 17.2 Å². The molecule has 0 aromatic heterocycles. The number of methoxy groups -OCH3 is 1. The average molecular weight is 275 g/mol. The number of rotatable bonds is 5. The van der Waals surface area contributed by atoms with Crippen LogP contribution in [0, 0.1) is 5.82 Å². The third-order valence-corrected chi connectivity index (χ3v) is 2.89. The van der Waals surface area contributed by atoms with Crippen molar-refractivity contribution in [3.05, 3.63) is 53.8 Å². The largest absolute Gasteiger partial charge is 0.493 e. The van der Waals surface area contributed by atoms with E-state index in [1.807, 2.05) is 19.1 Å². The van der Waals surface area contributed by atoms with Gasteiger partial charge in [-0.2, -0.15) is 0 Å². The van der Waals surface area contributed by atoms with E-state index in [1.54, 1.807) is 31.4 Å². The maximum Gasteiger partial charge on any atom is 0.169 e. The minimum Gasteiger partial charge on any atom is -0.493 e. The lowest BCUT2D eigenvalue weighted by molar-refractivity contribution is 0.376. The second kappa shape index (κ2) is 6.39. The molecule has 0 saturated carbocycles. The zero-order valence-electron chi connectivity index (χ0n) is 11.6. The summed E-state index contributed by atoms with van der Waals surface area (Å²) in [6.07, 6.45) is 0.414. The van der Waals surface area contributed by atoms with Crippen LogP contribution in [-0.2, 0) is 6.42 Å². The maximum absolute atomic E-state index is 13.9. The van der Waals surface area contributed by atoms with Gasteiger partial charge in [-0.3, -0.25) is 0 Å². The third kappa shape index (κ3) is 3.27. The van der Waals surface area contributed by atoms with E-state index in [4.69, 9.17) is 15.2 Å². The molecular formula is C16H18FNO2. The molecule has 0 aliphatic heterocycles. The van der Waals surface area contributed by atoms with Gasteiger partial charge in [-0.15, -0.1) is 0 Å². The fourth-order valence-electron chi connectivity index (χ4n) is 1.98. The molecule has 2 aromatic rings. The van der Waals surface area contributed by atoms with Crippen molar-refractivity contribution in [2.75, 3.05) is 7.11 Å². The molecule has 0 heterocycles. The minimum absolute atomic E-state index is 0.146. The summed E-state index contributed by atoms with van der Waals surface area (Å²) in [5.74, 6) is 1.30. The Labute approximate surface area is 118 Å². The Morgan fingerprint density at radius 2 is 1.70 bits per heavy atom. The summed E-state index contributed by atoms with van der Waals surface area (Å²) in [4.78, 5) is 0. The summed E-state index contributed by atoms with van der Waals surface area (Å²) >= 11 is 0. The van der Waals surface area contributed by atoms with Crippen LogP contribution >= 0.6 is 0 Å². The van der Waals surface area contributed by atoms with E-state index in [9.17, 15) is 4.39 Å². The van der Waals surface area contributed by atoms with Gasteiger partial charge in [0, 0.05) is 11.6 Å². The lowest BCUT2D eigenvalue weighted by Crippen LogP contribution is -2.19. The van der Waals surface area contributed by atoms with Crippen molar-refractivity contribution in [2.45, 2.75) is 19.4 Å². The SMILES string of the molecule is COc1ccccc1Oc1cccc(F)c1CC(C)N. The first-order valence-corrected chi connectivity index (χ1v) is 6.45. The van der Waals surface area contributed by atoms with Crippen molar-refractivity contribution < 1.29 is 13.9 Å². The molecular weight excluding hydrogens is 257 g/mol. The molecule has 106 valence electrons. The van der Waals surface area contributed by atoms with Gasteiger partial charge in [0.2, 0.25) is 0 Å². The zero-order chi connectivity index (χ0) is 14.5. The molecule has 4 heteroatoms. The number of benzene rings is 2. The predicted molar refractivity (Wildman–Crippen MR) is 76.8 cm³/mol. The van der Waals surface area contributed by atoms with E-state index in [0.717, 1.165) is 0 Å². The molecule has 2 rings (SSSR count). The zero-order valence-corrected chi connectivity index (χ0v) is 11.6. The topological polar surface area (TPSA) is 44.5 Å². The van der Waals surface area contributed by atoms with Crippen molar-refractivity contribution in [3.63, 3.8) is 0 Å². The first kappa shape index (κ1) is 14.3. The van der Waals surface area contributed by atoms with Crippen molar-refractivity contribution >= 4 is 0 Å². The summed E-state index contributed by atoms with van der Waals surface area (Å²) in [6, 6.07) is 11.9. The van der Waals surface area contributed by atoms with Crippen LogP contribution in [0.2, 0.25) is 0 Å². The standard InChI is InChI=1S/C16H18FNO2/c1-11(18)10-12-13(17)6-5-9-14(12)20-16-8-4-3-7-15(16)19-2/h3-9,11H,10,18H2,1-2H3. The Morgan fingerprint density at radius 3 is 2.35 bits per heavy atom. The van der Waals surface area contributed by atoms with Gasteiger partial charge in [-0.05, 0) is 37.6 Å². The first-order chi connectivity index (χ1) is 9.61. The smallest absolute Gasteiger partial charge is 0.169 e. The molecule has 0 spiro atoms. The molecule has 2 aromatic carbocycles. The monoisotopic (exact) mass is 275 g/mol. The highest BCUT2D eigenvalue weighted by atomic mass is 19.1. The first-order valence-electron chi connectivity index (χ1n) is 6.45. The fourth-order valence-corrected chi connectivity index (χ4v) is 1.98. The van der Waals surface area contributed by atoms with Crippen LogP contribution in [0.4, 0.5) is 4.39 Å². The van der Waals surface area contributed by atoms with Crippen LogP contribution in [0.15, 0.2) is 42.5 Å². The lowest BCUT2D eigenvalue weighted by Gasteiger charge is -2.15. The molecule has 1 unspecified atom stereocenters. The number of hydrogen-bond acceptors (Lipinski definition) is 3. The van der Waals surface area contributed by atoms with Gasteiger partial charge < -0.3 is 15.2 Å². The van der Waals surface area contributed by atoms with E-state index in [0.29, 0.717) is 29.2 Å².